The van der Waals surface area contributed by atoms with Gasteiger partial charge in [0.25, 0.3) is 0 Å². The number of ketones is 1. The molecule has 28 heavy (non-hydrogen) atoms. The third kappa shape index (κ3) is 8.16. The molecule has 2 heterocycles. The lowest BCUT2D eigenvalue weighted by Gasteiger charge is -2.12. The second-order valence-electron chi connectivity index (χ2n) is 6.37. The first-order valence-corrected chi connectivity index (χ1v) is 9.69. The molecule has 0 aliphatic rings. The second-order valence-corrected chi connectivity index (χ2v) is 6.37. The first kappa shape index (κ1) is 21.4. The molecule has 5 nitrogen and oxygen atoms in total. The van der Waals surface area contributed by atoms with Crippen molar-refractivity contribution in [1.82, 2.24) is 9.97 Å². The van der Waals surface area contributed by atoms with Crippen LogP contribution in [0.25, 0.3) is 12.2 Å². The Hall–Kier alpha value is -2.95. The monoisotopic (exact) mass is 380 g/mol. The summed E-state index contributed by atoms with van der Waals surface area (Å²) in [5.74, 6) is 1.38. The lowest BCUT2D eigenvalue weighted by molar-refractivity contribution is -0.119. The van der Waals surface area contributed by atoms with E-state index in [0.717, 1.165) is 24.0 Å². The Balaban J connectivity index is 2.09. The molecule has 0 spiro atoms. The van der Waals surface area contributed by atoms with E-state index in [-0.39, 0.29) is 18.6 Å². The van der Waals surface area contributed by atoms with E-state index >= 15 is 0 Å². The fraction of sp³-hybridized carbons (Fsp3) is 0.348. The number of allylic oxidation sites excluding steroid dienone is 2. The molecule has 148 valence electrons. The van der Waals surface area contributed by atoms with Crippen LogP contribution in [0.3, 0.4) is 0 Å². The molecule has 2 aromatic rings. The number of hydrogen-bond donors (Lipinski definition) is 0. The van der Waals surface area contributed by atoms with Gasteiger partial charge in [-0.1, -0.05) is 13.8 Å². The van der Waals surface area contributed by atoms with Crippen LogP contribution in [0, 0.1) is 0 Å². The van der Waals surface area contributed by atoms with Gasteiger partial charge in [0.15, 0.2) is 0 Å². The van der Waals surface area contributed by atoms with E-state index in [9.17, 15) is 4.79 Å². The van der Waals surface area contributed by atoms with E-state index in [4.69, 9.17) is 9.47 Å². The van der Waals surface area contributed by atoms with Crippen molar-refractivity contribution < 1.29 is 14.3 Å². The number of carbonyl (C=O) groups excluding carboxylic acids is 1. The molecule has 2 rings (SSSR count). The summed E-state index contributed by atoms with van der Waals surface area (Å²) < 4.78 is 11.6. The summed E-state index contributed by atoms with van der Waals surface area (Å²) in [5, 5.41) is 0. The van der Waals surface area contributed by atoms with E-state index < -0.39 is 0 Å². The SMILES string of the molecule is CCCOC(=Cc1ccncc1)CC(=O)CC(=Cc1ccncc1)OCCC. The fourth-order valence-electron chi connectivity index (χ4n) is 2.50. The molecule has 2 aromatic heterocycles. The van der Waals surface area contributed by atoms with Gasteiger partial charge in [0.2, 0.25) is 0 Å². The molecule has 0 unspecified atom stereocenters. The number of aromatic nitrogens is 2. The molecule has 0 aliphatic carbocycles. The fourth-order valence-corrected chi connectivity index (χ4v) is 2.50. The van der Waals surface area contributed by atoms with E-state index in [1.807, 2.05) is 50.3 Å². The smallest absolute Gasteiger partial charge is 0.147 e. The van der Waals surface area contributed by atoms with Gasteiger partial charge in [-0.05, 0) is 60.4 Å². The first-order valence-electron chi connectivity index (χ1n) is 9.69. The standard InChI is InChI=1S/C23H28N2O3/c1-3-13-27-22(15-19-5-9-24-10-6-19)17-21(26)18-23(28-14-4-2)16-20-7-11-25-12-8-20/h5-12,15-16H,3-4,13-14,17-18H2,1-2H3. The van der Waals surface area contributed by atoms with Crippen LogP contribution in [0.5, 0.6) is 0 Å². The van der Waals surface area contributed by atoms with E-state index in [2.05, 4.69) is 9.97 Å². The van der Waals surface area contributed by atoms with Crippen LogP contribution in [-0.2, 0) is 14.3 Å². The van der Waals surface area contributed by atoms with Gasteiger partial charge in [-0.25, -0.2) is 0 Å². The second kappa shape index (κ2) is 12.4. The van der Waals surface area contributed by atoms with Crippen molar-refractivity contribution in [1.29, 1.82) is 0 Å². The molecule has 0 saturated heterocycles. The van der Waals surface area contributed by atoms with Crippen LogP contribution >= 0.6 is 0 Å². The molecule has 0 atom stereocenters. The number of nitrogens with zero attached hydrogens (tertiary/aromatic N) is 2. The molecule has 5 heteroatoms. The maximum Gasteiger partial charge on any atom is 0.147 e. The highest BCUT2D eigenvalue weighted by Gasteiger charge is 2.12. The predicted octanol–water partition coefficient (Wildman–Crippen LogP) is 5.06. The zero-order valence-corrected chi connectivity index (χ0v) is 16.6. The summed E-state index contributed by atoms with van der Waals surface area (Å²) in [4.78, 5) is 20.7. The average Bonchev–Trinajstić information content (AvgIpc) is 2.71. The summed E-state index contributed by atoms with van der Waals surface area (Å²) in [6, 6.07) is 7.55. The average molecular weight is 380 g/mol. The van der Waals surface area contributed by atoms with Crippen LogP contribution < -0.4 is 0 Å². The number of ether oxygens (including phenoxy) is 2. The quantitative estimate of drug-likeness (QED) is 0.482. The summed E-state index contributed by atoms with van der Waals surface area (Å²) >= 11 is 0. The molecule has 0 aromatic carbocycles. The van der Waals surface area contributed by atoms with Crippen molar-refractivity contribution in [2.75, 3.05) is 13.2 Å². The Kier molecular flexibility index (Phi) is 9.49. The van der Waals surface area contributed by atoms with Gasteiger partial charge in [-0.3, -0.25) is 14.8 Å². The van der Waals surface area contributed by atoms with Gasteiger partial charge in [0.1, 0.15) is 17.3 Å². The van der Waals surface area contributed by atoms with Gasteiger partial charge in [0.05, 0.1) is 26.1 Å². The third-order valence-corrected chi connectivity index (χ3v) is 3.79. The Morgan fingerprint density at radius 2 is 1.18 bits per heavy atom. The van der Waals surface area contributed by atoms with Crippen LogP contribution in [0.2, 0.25) is 0 Å². The Morgan fingerprint density at radius 3 is 1.54 bits per heavy atom. The number of rotatable bonds is 12. The number of Topliss-reactive ketones (excluding diaryl/α,β-unsaturated/α-hetero) is 1. The summed E-state index contributed by atoms with van der Waals surface area (Å²) in [6.07, 6.45) is 12.9. The van der Waals surface area contributed by atoms with E-state index in [1.54, 1.807) is 24.8 Å². The van der Waals surface area contributed by atoms with Crippen molar-refractivity contribution in [3.63, 3.8) is 0 Å². The van der Waals surface area contributed by atoms with Gasteiger partial charge in [-0.2, -0.15) is 0 Å². The molecule has 0 fully saturated rings. The summed E-state index contributed by atoms with van der Waals surface area (Å²) in [5.41, 5.74) is 1.92. The molecular weight excluding hydrogens is 352 g/mol. The number of pyridine rings is 2. The molecule has 0 aliphatic heterocycles. The van der Waals surface area contributed by atoms with E-state index in [0.29, 0.717) is 24.7 Å². The van der Waals surface area contributed by atoms with E-state index in [1.165, 1.54) is 0 Å². The maximum atomic E-state index is 12.7. The molecular formula is C23H28N2O3. The highest BCUT2D eigenvalue weighted by Crippen LogP contribution is 2.17. The largest absolute Gasteiger partial charge is 0.497 e. The van der Waals surface area contributed by atoms with Crippen molar-refractivity contribution >= 4 is 17.9 Å². The Morgan fingerprint density at radius 1 is 0.786 bits per heavy atom. The van der Waals surface area contributed by atoms with Crippen molar-refractivity contribution in [3.8, 4) is 0 Å². The summed E-state index contributed by atoms with van der Waals surface area (Å²) in [6.45, 7) is 5.24. The highest BCUT2D eigenvalue weighted by atomic mass is 16.5. The minimum Gasteiger partial charge on any atom is -0.497 e. The van der Waals surface area contributed by atoms with Gasteiger partial charge >= 0.3 is 0 Å². The first-order chi connectivity index (χ1) is 13.7. The zero-order chi connectivity index (χ0) is 20.0. The number of carbonyl (C=O) groups is 1. The predicted molar refractivity (Wildman–Crippen MR) is 111 cm³/mol. The molecule has 0 N–H and O–H groups in total. The Bertz CT molecular complexity index is 705. The maximum absolute atomic E-state index is 12.7. The third-order valence-electron chi connectivity index (χ3n) is 3.79. The van der Waals surface area contributed by atoms with Crippen molar-refractivity contribution in [2.45, 2.75) is 39.5 Å². The highest BCUT2D eigenvalue weighted by molar-refractivity contribution is 5.84. The van der Waals surface area contributed by atoms with Crippen LogP contribution in [0.1, 0.15) is 50.7 Å². The van der Waals surface area contributed by atoms with Gasteiger partial charge < -0.3 is 9.47 Å². The minimum atomic E-state index is 0.0489. The minimum absolute atomic E-state index is 0.0489. The molecule has 0 amide bonds. The number of hydrogen-bond acceptors (Lipinski definition) is 5. The van der Waals surface area contributed by atoms with Gasteiger partial charge in [0, 0.05) is 24.8 Å². The van der Waals surface area contributed by atoms with Gasteiger partial charge in [-0.15, -0.1) is 0 Å². The molecule has 0 radical (unpaired) electrons. The van der Waals surface area contributed by atoms with Crippen molar-refractivity contribution in [2.24, 2.45) is 0 Å². The lowest BCUT2D eigenvalue weighted by atomic mass is 10.1. The van der Waals surface area contributed by atoms with Crippen molar-refractivity contribution in [3.05, 3.63) is 71.7 Å². The molecule has 0 bridgehead atoms. The van der Waals surface area contributed by atoms with Crippen LogP contribution in [0.15, 0.2) is 60.6 Å². The van der Waals surface area contributed by atoms with Crippen LogP contribution in [-0.4, -0.2) is 29.0 Å². The zero-order valence-electron chi connectivity index (χ0n) is 16.6. The summed E-state index contributed by atoms with van der Waals surface area (Å²) in [7, 11) is 0. The Labute approximate surface area is 167 Å². The van der Waals surface area contributed by atoms with Crippen LogP contribution in [0.4, 0.5) is 0 Å². The topological polar surface area (TPSA) is 61.3 Å². The molecule has 0 saturated carbocycles. The normalized spacial score (nSPS) is 11.9. The lowest BCUT2D eigenvalue weighted by Crippen LogP contribution is -2.07.